The summed E-state index contributed by atoms with van der Waals surface area (Å²) in [6.07, 6.45) is 1.43. The third kappa shape index (κ3) is 3.87. The smallest absolute Gasteiger partial charge is 0.237 e. The number of hydrogen-bond acceptors (Lipinski definition) is 6. The molecule has 0 radical (unpaired) electrons. The Kier molecular flexibility index (Phi) is 6.17. The van der Waals surface area contributed by atoms with Crippen molar-refractivity contribution in [1.29, 1.82) is 0 Å². The van der Waals surface area contributed by atoms with Crippen LogP contribution in [0.2, 0.25) is 5.02 Å². The van der Waals surface area contributed by atoms with Crippen molar-refractivity contribution in [1.82, 2.24) is 14.6 Å². The van der Waals surface area contributed by atoms with Crippen molar-refractivity contribution in [2.24, 2.45) is 0 Å². The SMILES string of the molecule is CCc1nnc(SC(CC)C(=O)Nc2ccc(OC)c(Cl)c2)c2cc3sccc3n12. The number of fused-ring (bicyclic) bond motifs is 3. The van der Waals surface area contributed by atoms with Gasteiger partial charge in [-0.1, -0.05) is 37.2 Å². The molecule has 0 aliphatic rings. The summed E-state index contributed by atoms with van der Waals surface area (Å²) in [5, 5.41) is 14.8. The van der Waals surface area contributed by atoms with Crippen molar-refractivity contribution in [2.75, 3.05) is 12.4 Å². The summed E-state index contributed by atoms with van der Waals surface area (Å²) >= 11 is 9.30. The minimum Gasteiger partial charge on any atom is -0.495 e. The van der Waals surface area contributed by atoms with E-state index in [1.807, 2.05) is 6.92 Å². The van der Waals surface area contributed by atoms with E-state index in [1.165, 1.54) is 16.5 Å². The van der Waals surface area contributed by atoms with Crippen molar-refractivity contribution in [3.05, 3.63) is 46.6 Å². The molecule has 156 valence electrons. The van der Waals surface area contributed by atoms with E-state index >= 15 is 0 Å². The normalized spacial score (nSPS) is 12.4. The van der Waals surface area contributed by atoms with Gasteiger partial charge in [0.2, 0.25) is 5.91 Å². The van der Waals surface area contributed by atoms with Gasteiger partial charge in [0.15, 0.2) is 0 Å². The molecule has 0 spiro atoms. The molecule has 1 unspecified atom stereocenters. The van der Waals surface area contributed by atoms with Gasteiger partial charge >= 0.3 is 0 Å². The summed E-state index contributed by atoms with van der Waals surface area (Å²) in [6.45, 7) is 4.05. The number of benzene rings is 1. The number of ether oxygens (including phenoxy) is 1. The fraction of sp³-hybridized carbons (Fsp3) is 0.286. The number of methoxy groups -OCH3 is 1. The Morgan fingerprint density at radius 3 is 2.80 bits per heavy atom. The number of anilines is 1. The lowest BCUT2D eigenvalue weighted by molar-refractivity contribution is -0.115. The highest BCUT2D eigenvalue weighted by atomic mass is 35.5. The van der Waals surface area contributed by atoms with Gasteiger partial charge in [-0.3, -0.25) is 9.20 Å². The van der Waals surface area contributed by atoms with Gasteiger partial charge in [0.1, 0.15) is 16.6 Å². The van der Waals surface area contributed by atoms with Gasteiger partial charge in [0.25, 0.3) is 0 Å². The molecule has 0 saturated heterocycles. The van der Waals surface area contributed by atoms with Crippen LogP contribution in [0.15, 0.2) is 40.7 Å². The second-order valence-electron chi connectivity index (χ2n) is 6.66. The average Bonchev–Trinajstić information content (AvgIpc) is 3.34. The van der Waals surface area contributed by atoms with Crippen molar-refractivity contribution >= 4 is 62.0 Å². The average molecular weight is 461 g/mol. The Morgan fingerprint density at radius 1 is 1.27 bits per heavy atom. The largest absolute Gasteiger partial charge is 0.495 e. The van der Waals surface area contributed by atoms with Gasteiger partial charge in [0.05, 0.1) is 33.1 Å². The summed E-state index contributed by atoms with van der Waals surface area (Å²) in [7, 11) is 1.56. The predicted molar refractivity (Wildman–Crippen MR) is 124 cm³/mol. The lowest BCUT2D eigenvalue weighted by Crippen LogP contribution is -2.25. The fourth-order valence-electron chi connectivity index (χ4n) is 3.30. The van der Waals surface area contributed by atoms with Gasteiger partial charge in [-0.05, 0) is 42.1 Å². The monoisotopic (exact) mass is 460 g/mol. The number of amides is 1. The van der Waals surface area contributed by atoms with Crippen LogP contribution < -0.4 is 10.1 Å². The van der Waals surface area contributed by atoms with E-state index in [0.717, 1.165) is 28.3 Å². The molecular weight excluding hydrogens is 440 g/mol. The number of aryl methyl sites for hydroxylation is 1. The molecule has 9 heteroatoms. The number of carbonyl (C=O) groups is 1. The predicted octanol–water partition coefficient (Wildman–Crippen LogP) is 5.68. The lowest BCUT2D eigenvalue weighted by Gasteiger charge is -2.16. The molecule has 3 heterocycles. The zero-order valence-electron chi connectivity index (χ0n) is 16.8. The lowest BCUT2D eigenvalue weighted by atomic mass is 10.2. The van der Waals surface area contributed by atoms with Crippen LogP contribution in [-0.4, -0.2) is 32.9 Å². The first-order valence-electron chi connectivity index (χ1n) is 9.61. The maximum atomic E-state index is 12.9. The first-order chi connectivity index (χ1) is 14.5. The van der Waals surface area contributed by atoms with E-state index in [9.17, 15) is 4.79 Å². The highest BCUT2D eigenvalue weighted by molar-refractivity contribution is 8.00. The van der Waals surface area contributed by atoms with Gasteiger partial charge in [-0.2, -0.15) is 0 Å². The summed E-state index contributed by atoms with van der Waals surface area (Å²) in [4.78, 5) is 12.9. The number of thiophene rings is 1. The van der Waals surface area contributed by atoms with Crippen molar-refractivity contribution in [2.45, 2.75) is 37.0 Å². The van der Waals surface area contributed by atoms with E-state index in [2.05, 4.69) is 44.4 Å². The molecule has 30 heavy (non-hydrogen) atoms. The Labute approximate surface area is 187 Å². The number of aromatic nitrogens is 3. The highest BCUT2D eigenvalue weighted by Crippen LogP contribution is 2.34. The van der Waals surface area contributed by atoms with E-state index < -0.39 is 0 Å². The van der Waals surface area contributed by atoms with Crippen LogP contribution in [0.5, 0.6) is 5.75 Å². The topological polar surface area (TPSA) is 68.5 Å². The second-order valence-corrected chi connectivity index (χ2v) is 9.21. The molecule has 4 rings (SSSR count). The molecular formula is C21H21ClN4O2S2. The molecule has 0 saturated carbocycles. The molecule has 1 aromatic carbocycles. The van der Waals surface area contributed by atoms with Crippen LogP contribution in [0.1, 0.15) is 26.1 Å². The highest BCUT2D eigenvalue weighted by Gasteiger charge is 2.22. The molecule has 0 bridgehead atoms. The molecule has 1 amide bonds. The van der Waals surface area contributed by atoms with Gasteiger partial charge in [-0.15, -0.1) is 21.5 Å². The Hall–Kier alpha value is -2.29. The summed E-state index contributed by atoms with van der Waals surface area (Å²) < 4.78 is 8.50. The molecule has 3 aromatic heterocycles. The Bertz CT molecular complexity index is 1220. The summed E-state index contributed by atoms with van der Waals surface area (Å²) in [5.41, 5.74) is 2.76. The number of rotatable bonds is 7. The minimum atomic E-state index is -0.315. The van der Waals surface area contributed by atoms with Crippen molar-refractivity contribution in [3.8, 4) is 5.75 Å². The Morgan fingerprint density at radius 2 is 2.10 bits per heavy atom. The zero-order chi connectivity index (χ0) is 21.3. The van der Waals surface area contributed by atoms with Crippen LogP contribution >= 0.6 is 34.7 Å². The maximum absolute atomic E-state index is 12.9. The number of nitrogens with zero attached hydrogens (tertiary/aromatic N) is 3. The van der Waals surface area contributed by atoms with Crippen LogP contribution in [0.3, 0.4) is 0 Å². The fourth-order valence-corrected chi connectivity index (χ4v) is 5.32. The van der Waals surface area contributed by atoms with E-state index in [4.69, 9.17) is 16.3 Å². The molecule has 0 fully saturated rings. The number of nitrogens with one attached hydrogen (secondary N) is 1. The third-order valence-electron chi connectivity index (χ3n) is 4.81. The quantitative estimate of drug-likeness (QED) is 0.359. The van der Waals surface area contributed by atoms with E-state index in [1.54, 1.807) is 36.6 Å². The standard InChI is InChI=1S/C21H21ClN4O2S2/c1-4-17(20(27)23-12-6-7-16(28-3)13(22)10-12)30-21-15-11-18-14(8-9-29-18)26(15)19(5-2)24-25-21/h6-11,17H,4-5H2,1-3H3,(H,23,27). The van der Waals surface area contributed by atoms with Crippen LogP contribution in [0.25, 0.3) is 15.7 Å². The molecule has 0 aliphatic carbocycles. The second kappa shape index (κ2) is 8.83. The number of carbonyl (C=O) groups excluding carboxylic acids is 1. The van der Waals surface area contributed by atoms with Crippen LogP contribution in [0.4, 0.5) is 5.69 Å². The Balaban J connectivity index is 1.61. The van der Waals surface area contributed by atoms with Gasteiger partial charge in [0, 0.05) is 12.1 Å². The number of halogens is 1. The van der Waals surface area contributed by atoms with E-state index in [0.29, 0.717) is 22.9 Å². The van der Waals surface area contributed by atoms with Crippen molar-refractivity contribution in [3.63, 3.8) is 0 Å². The van der Waals surface area contributed by atoms with Crippen LogP contribution in [-0.2, 0) is 11.2 Å². The first-order valence-corrected chi connectivity index (χ1v) is 11.7. The zero-order valence-corrected chi connectivity index (χ0v) is 19.2. The minimum absolute atomic E-state index is 0.100. The molecule has 1 atom stereocenters. The third-order valence-corrected chi connectivity index (χ3v) is 7.30. The number of hydrogen-bond donors (Lipinski definition) is 1. The molecule has 0 aliphatic heterocycles. The number of thioether (sulfide) groups is 1. The summed E-state index contributed by atoms with van der Waals surface area (Å²) in [6, 6.07) is 9.42. The maximum Gasteiger partial charge on any atom is 0.237 e. The molecule has 1 N–H and O–H groups in total. The van der Waals surface area contributed by atoms with Gasteiger partial charge in [-0.25, -0.2) is 0 Å². The van der Waals surface area contributed by atoms with Crippen molar-refractivity contribution < 1.29 is 9.53 Å². The molecule has 6 nitrogen and oxygen atoms in total. The van der Waals surface area contributed by atoms with Crippen LogP contribution in [0, 0.1) is 0 Å². The summed E-state index contributed by atoms with van der Waals surface area (Å²) in [5.74, 6) is 1.38. The first kappa shape index (κ1) is 21.0. The van der Waals surface area contributed by atoms with Gasteiger partial charge < -0.3 is 10.1 Å². The molecule has 4 aromatic rings. The van der Waals surface area contributed by atoms with E-state index in [-0.39, 0.29) is 11.2 Å².